The van der Waals surface area contributed by atoms with Gasteiger partial charge in [0.2, 0.25) is 0 Å². The van der Waals surface area contributed by atoms with Crippen LogP contribution < -0.4 is 0 Å². The third-order valence-electron chi connectivity index (χ3n) is 4.66. The van der Waals surface area contributed by atoms with Gasteiger partial charge in [-0.05, 0) is 55.9 Å². The van der Waals surface area contributed by atoms with E-state index in [9.17, 15) is 4.79 Å². The van der Waals surface area contributed by atoms with Crippen LogP contribution >= 0.6 is 0 Å². The predicted molar refractivity (Wildman–Crippen MR) is 93.3 cm³/mol. The fourth-order valence-corrected chi connectivity index (χ4v) is 3.24. The summed E-state index contributed by atoms with van der Waals surface area (Å²) >= 11 is 0. The maximum atomic E-state index is 12.6. The van der Waals surface area contributed by atoms with Crippen molar-refractivity contribution in [1.29, 1.82) is 0 Å². The quantitative estimate of drug-likeness (QED) is 0.720. The summed E-state index contributed by atoms with van der Waals surface area (Å²) in [5.41, 5.74) is 3.44. The molecule has 2 aromatic carbocycles. The molecule has 0 N–H and O–H groups in total. The number of benzene rings is 2. The van der Waals surface area contributed by atoms with Crippen molar-refractivity contribution in [3.8, 4) is 0 Å². The van der Waals surface area contributed by atoms with E-state index >= 15 is 0 Å². The zero-order valence-electron chi connectivity index (χ0n) is 13.5. The Labute approximate surface area is 137 Å². The number of carbonyl (C=O) groups is 1. The molecule has 0 atom stereocenters. The molecule has 1 aliphatic rings. The highest BCUT2D eigenvalue weighted by Gasteiger charge is 2.39. The zero-order chi connectivity index (χ0) is 16.3. The van der Waals surface area contributed by atoms with Gasteiger partial charge in [-0.1, -0.05) is 54.6 Å². The molecule has 1 aliphatic carbocycles. The molecular formula is C21H22O2. The van der Waals surface area contributed by atoms with E-state index < -0.39 is 5.60 Å². The Kier molecular flexibility index (Phi) is 4.33. The van der Waals surface area contributed by atoms with Crippen LogP contribution in [0.4, 0.5) is 0 Å². The van der Waals surface area contributed by atoms with Crippen molar-refractivity contribution < 1.29 is 9.53 Å². The maximum absolute atomic E-state index is 12.6. The first kappa shape index (κ1) is 15.5. The molecule has 0 heterocycles. The van der Waals surface area contributed by atoms with Gasteiger partial charge in [0.25, 0.3) is 0 Å². The van der Waals surface area contributed by atoms with Crippen molar-refractivity contribution in [2.24, 2.45) is 0 Å². The average molecular weight is 306 g/mol. The number of esters is 1. The first-order valence-electron chi connectivity index (χ1n) is 8.16. The summed E-state index contributed by atoms with van der Waals surface area (Å²) in [6.45, 7) is 5.80. The minimum absolute atomic E-state index is 0.247. The van der Waals surface area contributed by atoms with Crippen LogP contribution in [-0.4, -0.2) is 5.97 Å². The largest absolute Gasteiger partial charge is 0.451 e. The third-order valence-corrected chi connectivity index (χ3v) is 4.66. The summed E-state index contributed by atoms with van der Waals surface area (Å²) in [5, 5.41) is 0. The molecule has 23 heavy (non-hydrogen) atoms. The van der Waals surface area contributed by atoms with Crippen LogP contribution in [0.25, 0.3) is 6.08 Å². The highest BCUT2D eigenvalue weighted by Crippen LogP contribution is 2.42. The highest BCUT2D eigenvalue weighted by molar-refractivity contribution is 5.90. The lowest BCUT2D eigenvalue weighted by Gasteiger charge is -2.30. The van der Waals surface area contributed by atoms with Crippen LogP contribution in [0.1, 0.15) is 52.7 Å². The molecule has 2 nitrogen and oxygen atoms in total. The van der Waals surface area contributed by atoms with Crippen molar-refractivity contribution >= 4 is 12.0 Å². The van der Waals surface area contributed by atoms with Crippen LogP contribution in [0.5, 0.6) is 0 Å². The summed E-state index contributed by atoms with van der Waals surface area (Å²) in [5.74, 6) is -0.247. The summed E-state index contributed by atoms with van der Waals surface area (Å²) in [6.07, 6.45) is 5.74. The minimum atomic E-state index is -0.470. The van der Waals surface area contributed by atoms with Crippen LogP contribution in [0.3, 0.4) is 0 Å². The number of carbonyl (C=O) groups excluding carboxylic acids is 1. The lowest BCUT2D eigenvalue weighted by molar-refractivity contribution is -0.0183. The van der Waals surface area contributed by atoms with E-state index in [2.05, 4.69) is 37.8 Å². The second kappa shape index (κ2) is 6.41. The number of rotatable bonds is 4. The molecule has 0 radical (unpaired) electrons. The maximum Gasteiger partial charge on any atom is 0.339 e. The standard InChI is InChI=1S/C21H22O2/c1-3-17-8-10-18(11-9-17)20(22)23-21(14-4-5-15-21)19-12-6-16(2)7-13-19/h3,6-13H,1,4-5,14-15H2,2H3. The lowest BCUT2D eigenvalue weighted by atomic mass is 9.91. The molecule has 0 saturated heterocycles. The second-order valence-electron chi connectivity index (χ2n) is 6.28. The molecule has 0 spiro atoms. The summed E-state index contributed by atoms with van der Waals surface area (Å²) in [7, 11) is 0. The Morgan fingerprint density at radius 1 is 1.04 bits per heavy atom. The lowest BCUT2D eigenvalue weighted by Crippen LogP contribution is -2.29. The van der Waals surface area contributed by atoms with Gasteiger partial charge in [-0.25, -0.2) is 4.79 Å². The Balaban J connectivity index is 1.85. The normalized spacial score (nSPS) is 16.0. The van der Waals surface area contributed by atoms with Crippen molar-refractivity contribution in [2.75, 3.05) is 0 Å². The van der Waals surface area contributed by atoms with Gasteiger partial charge >= 0.3 is 5.97 Å². The van der Waals surface area contributed by atoms with Gasteiger partial charge in [0, 0.05) is 0 Å². The molecule has 0 amide bonds. The summed E-state index contributed by atoms with van der Waals surface area (Å²) in [6, 6.07) is 15.7. The van der Waals surface area contributed by atoms with E-state index in [0.29, 0.717) is 5.56 Å². The van der Waals surface area contributed by atoms with E-state index in [0.717, 1.165) is 36.8 Å². The van der Waals surface area contributed by atoms with E-state index in [4.69, 9.17) is 4.74 Å². The van der Waals surface area contributed by atoms with Gasteiger partial charge in [-0.15, -0.1) is 0 Å². The molecule has 1 fully saturated rings. The highest BCUT2D eigenvalue weighted by atomic mass is 16.6. The fraction of sp³-hybridized carbons (Fsp3) is 0.286. The molecule has 0 bridgehead atoms. The Morgan fingerprint density at radius 3 is 2.22 bits per heavy atom. The van der Waals surface area contributed by atoms with Gasteiger partial charge < -0.3 is 4.74 Å². The minimum Gasteiger partial charge on any atom is -0.451 e. The SMILES string of the molecule is C=Cc1ccc(C(=O)OC2(c3ccc(C)cc3)CCCC2)cc1. The Morgan fingerprint density at radius 2 is 1.65 bits per heavy atom. The predicted octanol–water partition coefficient (Wildman–Crippen LogP) is 5.26. The van der Waals surface area contributed by atoms with Crippen molar-refractivity contribution in [3.05, 3.63) is 77.4 Å². The summed E-state index contributed by atoms with van der Waals surface area (Å²) < 4.78 is 6.02. The molecule has 0 aromatic heterocycles. The molecular weight excluding hydrogens is 284 g/mol. The molecule has 0 aliphatic heterocycles. The number of hydrogen-bond donors (Lipinski definition) is 0. The van der Waals surface area contributed by atoms with Crippen LogP contribution in [0, 0.1) is 6.92 Å². The van der Waals surface area contributed by atoms with Crippen molar-refractivity contribution in [3.63, 3.8) is 0 Å². The van der Waals surface area contributed by atoms with Gasteiger partial charge in [-0.3, -0.25) is 0 Å². The van der Waals surface area contributed by atoms with Gasteiger partial charge in [0.15, 0.2) is 0 Å². The average Bonchev–Trinajstić information content (AvgIpc) is 3.05. The topological polar surface area (TPSA) is 26.3 Å². The monoisotopic (exact) mass is 306 g/mol. The van der Waals surface area contributed by atoms with E-state index in [1.165, 1.54) is 5.56 Å². The van der Waals surface area contributed by atoms with Crippen molar-refractivity contribution in [1.82, 2.24) is 0 Å². The van der Waals surface area contributed by atoms with Crippen molar-refractivity contribution in [2.45, 2.75) is 38.2 Å². The molecule has 3 rings (SSSR count). The Hall–Kier alpha value is -2.35. The summed E-state index contributed by atoms with van der Waals surface area (Å²) in [4.78, 5) is 12.6. The van der Waals surface area contributed by atoms with Crippen LogP contribution in [-0.2, 0) is 10.3 Å². The number of hydrogen-bond acceptors (Lipinski definition) is 2. The molecule has 2 aromatic rings. The molecule has 0 unspecified atom stereocenters. The third kappa shape index (κ3) is 3.21. The molecule has 118 valence electrons. The molecule has 2 heteroatoms. The molecule has 1 saturated carbocycles. The van der Waals surface area contributed by atoms with E-state index in [1.807, 2.05) is 12.1 Å². The number of ether oxygens (including phenoxy) is 1. The second-order valence-corrected chi connectivity index (χ2v) is 6.28. The Bertz CT molecular complexity index is 690. The number of aryl methyl sites for hydroxylation is 1. The van der Waals surface area contributed by atoms with Crippen LogP contribution in [0.15, 0.2) is 55.1 Å². The van der Waals surface area contributed by atoms with Gasteiger partial charge in [0.1, 0.15) is 5.60 Å². The van der Waals surface area contributed by atoms with E-state index in [-0.39, 0.29) is 5.97 Å². The van der Waals surface area contributed by atoms with Gasteiger partial charge in [-0.2, -0.15) is 0 Å². The first-order valence-corrected chi connectivity index (χ1v) is 8.16. The van der Waals surface area contributed by atoms with E-state index in [1.54, 1.807) is 18.2 Å². The zero-order valence-corrected chi connectivity index (χ0v) is 13.5. The van der Waals surface area contributed by atoms with Gasteiger partial charge in [0.05, 0.1) is 5.56 Å². The fourth-order valence-electron chi connectivity index (χ4n) is 3.24. The van der Waals surface area contributed by atoms with Crippen LogP contribution in [0.2, 0.25) is 0 Å². The first-order chi connectivity index (χ1) is 11.1. The smallest absolute Gasteiger partial charge is 0.339 e.